The molecule has 3 aliphatic rings. The standard InChI is InChI=1S/C19H24N4O2/c1-2-15-21-22-18(25-15)19-8-3-4-13(19)10-23(11-19)17(24)14-7-9-20-16(14)12-5-6-12/h7,9,12-13,20H,2-6,8,10-11H2,1H3/t13-,19-/m0/s1. The molecule has 2 aliphatic carbocycles. The largest absolute Gasteiger partial charge is 0.425 e. The Hall–Kier alpha value is -2.11. The fraction of sp³-hybridized carbons (Fsp3) is 0.632. The quantitative estimate of drug-likeness (QED) is 0.928. The number of likely N-dealkylation sites (tertiary alicyclic amines) is 1. The van der Waals surface area contributed by atoms with Crippen molar-refractivity contribution in [3.05, 3.63) is 35.3 Å². The minimum atomic E-state index is -0.133. The molecule has 5 rings (SSSR count). The molecule has 1 amide bonds. The Morgan fingerprint density at radius 1 is 1.40 bits per heavy atom. The first-order chi connectivity index (χ1) is 12.2. The predicted octanol–water partition coefficient (Wildman–Crippen LogP) is 3.03. The van der Waals surface area contributed by atoms with Crippen LogP contribution in [0.1, 0.15) is 72.8 Å². The second kappa shape index (κ2) is 5.44. The van der Waals surface area contributed by atoms with Crippen LogP contribution in [0, 0.1) is 5.92 Å². The van der Waals surface area contributed by atoms with Crippen LogP contribution in [0.15, 0.2) is 16.7 Å². The zero-order chi connectivity index (χ0) is 17.0. The van der Waals surface area contributed by atoms with Gasteiger partial charge < -0.3 is 14.3 Å². The average molecular weight is 340 g/mol. The Bertz CT molecular complexity index is 806. The van der Waals surface area contributed by atoms with Gasteiger partial charge in [0.2, 0.25) is 11.8 Å². The number of amides is 1. The third kappa shape index (κ3) is 2.26. The van der Waals surface area contributed by atoms with Crippen LogP contribution in [0.4, 0.5) is 0 Å². The number of nitrogens with one attached hydrogen (secondary N) is 1. The van der Waals surface area contributed by atoms with Crippen molar-refractivity contribution >= 4 is 5.91 Å². The maximum Gasteiger partial charge on any atom is 0.255 e. The Balaban J connectivity index is 1.43. The van der Waals surface area contributed by atoms with E-state index >= 15 is 0 Å². The van der Waals surface area contributed by atoms with Crippen molar-refractivity contribution in [3.63, 3.8) is 0 Å². The van der Waals surface area contributed by atoms with Gasteiger partial charge in [-0.15, -0.1) is 10.2 Å². The SMILES string of the molecule is CCc1nnc([C@]23CCC[C@H]2CN(C(=O)c2cc[nH]c2C2CC2)C3)o1. The summed E-state index contributed by atoms with van der Waals surface area (Å²) < 4.78 is 5.95. The zero-order valence-corrected chi connectivity index (χ0v) is 14.6. The van der Waals surface area contributed by atoms with Gasteiger partial charge in [0.05, 0.1) is 11.0 Å². The summed E-state index contributed by atoms with van der Waals surface area (Å²) in [6.07, 6.45) is 8.38. The molecule has 6 heteroatoms. The summed E-state index contributed by atoms with van der Waals surface area (Å²) >= 11 is 0. The summed E-state index contributed by atoms with van der Waals surface area (Å²) in [6, 6.07) is 1.94. The number of H-pyrrole nitrogens is 1. The Labute approximate surface area is 147 Å². The summed E-state index contributed by atoms with van der Waals surface area (Å²) in [6.45, 7) is 3.53. The van der Waals surface area contributed by atoms with Crippen molar-refractivity contribution in [1.82, 2.24) is 20.1 Å². The Morgan fingerprint density at radius 3 is 3.04 bits per heavy atom. The first-order valence-corrected chi connectivity index (χ1v) is 9.50. The van der Waals surface area contributed by atoms with Crippen molar-refractivity contribution in [2.24, 2.45) is 5.92 Å². The number of aromatic nitrogens is 3. The summed E-state index contributed by atoms with van der Waals surface area (Å²) in [7, 11) is 0. The number of fused-ring (bicyclic) bond motifs is 1. The van der Waals surface area contributed by atoms with E-state index in [-0.39, 0.29) is 11.3 Å². The summed E-state index contributed by atoms with van der Waals surface area (Å²) in [5, 5.41) is 8.53. The molecule has 0 bridgehead atoms. The number of aromatic amines is 1. The number of aryl methyl sites for hydroxylation is 1. The van der Waals surface area contributed by atoms with Crippen LogP contribution in [-0.4, -0.2) is 39.1 Å². The van der Waals surface area contributed by atoms with E-state index in [0.717, 1.165) is 43.0 Å². The minimum absolute atomic E-state index is 0.133. The van der Waals surface area contributed by atoms with E-state index in [1.54, 1.807) is 0 Å². The molecule has 2 saturated carbocycles. The van der Waals surface area contributed by atoms with Gasteiger partial charge in [-0.25, -0.2) is 0 Å². The highest BCUT2D eigenvalue weighted by Gasteiger charge is 2.55. The van der Waals surface area contributed by atoms with Gasteiger partial charge in [0.1, 0.15) is 0 Å². The van der Waals surface area contributed by atoms with Gasteiger partial charge in [-0.1, -0.05) is 13.3 Å². The zero-order valence-electron chi connectivity index (χ0n) is 14.6. The molecule has 3 fully saturated rings. The molecule has 2 aromatic heterocycles. The van der Waals surface area contributed by atoms with Crippen LogP contribution < -0.4 is 0 Å². The van der Waals surface area contributed by atoms with E-state index in [4.69, 9.17) is 4.42 Å². The van der Waals surface area contributed by atoms with E-state index in [1.165, 1.54) is 19.3 Å². The normalized spacial score (nSPS) is 28.5. The summed E-state index contributed by atoms with van der Waals surface area (Å²) in [4.78, 5) is 18.5. The number of hydrogen-bond acceptors (Lipinski definition) is 4. The first-order valence-electron chi connectivity index (χ1n) is 9.50. The van der Waals surface area contributed by atoms with Crippen molar-refractivity contribution in [2.45, 2.75) is 56.8 Å². The minimum Gasteiger partial charge on any atom is -0.425 e. The predicted molar refractivity (Wildman–Crippen MR) is 91.4 cm³/mol. The fourth-order valence-corrected chi connectivity index (χ4v) is 4.84. The number of hydrogen-bond donors (Lipinski definition) is 1. The van der Waals surface area contributed by atoms with E-state index < -0.39 is 0 Å². The van der Waals surface area contributed by atoms with Gasteiger partial charge in [0.15, 0.2) is 0 Å². The lowest BCUT2D eigenvalue weighted by Gasteiger charge is -2.24. The molecule has 0 aromatic carbocycles. The monoisotopic (exact) mass is 340 g/mol. The van der Waals surface area contributed by atoms with Crippen molar-refractivity contribution in [2.75, 3.05) is 13.1 Å². The van der Waals surface area contributed by atoms with E-state index in [0.29, 0.717) is 24.3 Å². The Morgan fingerprint density at radius 2 is 2.28 bits per heavy atom. The molecule has 1 saturated heterocycles. The number of rotatable bonds is 4. The van der Waals surface area contributed by atoms with Gasteiger partial charge in [0.25, 0.3) is 5.91 Å². The summed E-state index contributed by atoms with van der Waals surface area (Å²) in [5.74, 6) is 2.59. The second-order valence-electron chi connectivity index (χ2n) is 7.86. The number of carbonyl (C=O) groups is 1. The van der Waals surface area contributed by atoms with E-state index in [1.807, 2.05) is 24.1 Å². The summed E-state index contributed by atoms with van der Waals surface area (Å²) in [5.41, 5.74) is 1.85. The molecule has 25 heavy (non-hydrogen) atoms. The molecule has 132 valence electrons. The lowest BCUT2D eigenvalue weighted by Crippen LogP contribution is -2.35. The third-order valence-corrected chi connectivity index (χ3v) is 6.35. The number of carbonyl (C=O) groups excluding carboxylic acids is 1. The molecule has 0 spiro atoms. The molecule has 6 nitrogen and oxygen atoms in total. The van der Waals surface area contributed by atoms with Gasteiger partial charge in [-0.3, -0.25) is 4.79 Å². The van der Waals surface area contributed by atoms with Gasteiger partial charge in [0, 0.05) is 31.4 Å². The molecule has 1 aliphatic heterocycles. The fourth-order valence-electron chi connectivity index (χ4n) is 4.84. The maximum absolute atomic E-state index is 13.2. The van der Waals surface area contributed by atoms with Crippen molar-refractivity contribution in [1.29, 1.82) is 0 Å². The Kier molecular flexibility index (Phi) is 3.30. The third-order valence-electron chi connectivity index (χ3n) is 6.35. The highest BCUT2D eigenvalue weighted by atomic mass is 16.4. The smallest absolute Gasteiger partial charge is 0.255 e. The van der Waals surface area contributed by atoms with Crippen LogP contribution in [0.3, 0.4) is 0 Å². The molecule has 0 radical (unpaired) electrons. The topological polar surface area (TPSA) is 75.0 Å². The van der Waals surface area contributed by atoms with Crippen molar-refractivity contribution in [3.8, 4) is 0 Å². The highest BCUT2D eigenvalue weighted by Crippen LogP contribution is 2.50. The van der Waals surface area contributed by atoms with Crippen LogP contribution >= 0.6 is 0 Å². The molecule has 2 atom stereocenters. The lowest BCUT2D eigenvalue weighted by molar-refractivity contribution is 0.0774. The molecule has 3 heterocycles. The van der Waals surface area contributed by atoms with E-state index in [2.05, 4.69) is 15.2 Å². The van der Waals surface area contributed by atoms with Crippen LogP contribution in [0.25, 0.3) is 0 Å². The molecule has 1 N–H and O–H groups in total. The van der Waals surface area contributed by atoms with Crippen LogP contribution in [0.5, 0.6) is 0 Å². The number of nitrogens with zero attached hydrogens (tertiary/aromatic N) is 3. The maximum atomic E-state index is 13.2. The first kappa shape index (κ1) is 15.2. The van der Waals surface area contributed by atoms with Gasteiger partial charge >= 0.3 is 0 Å². The van der Waals surface area contributed by atoms with Crippen LogP contribution in [0.2, 0.25) is 0 Å². The lowest BCUT2D eigenvalue weighted by atomic mass is 9.80. The molecular weight excluding hydrogens is 316 g/mol. The highest BCUT2D eigenvalue weighted by molar-refractivity contribution is 5.96. The molecule has 0 unspecified atom stereocenters. The van der Waals surface area contributed by atoms with Crippen molar-refractivity contribution < 1.29 is 9.21 Å². The molecular formula is C19H24N4O2. The average Bonchev–Trinajstić information content (AvgIpc) is 3.05. The van der Waals surface area contributed by atoms with Gasteiger partial charge in [-0.2, -0.15) is 0 Å². The van der Waals surface area contributed by atoms with E-state index in [9.17, 15) is 4.79 Å². The molecule has 2 aromatic rings. The van der Waals surface area contributed by atoms with Gasteiger partial charge in [-0.05, 0) is 43.6 Å². The van der Waals surface area contributed by atoms with Crippen LogP contribution in [-0.2, 0) is 11.8 Å². The second-order valence-corrected chi connectivity index (χ2v) is 7.86.